The van der Waals surface area contributed by atoms with E-state index in [4.69, 9.17) is 0 Å². The molecular formula is C15H24F4S. The maximum absolute atomic E-state index is 14.7. The molecule has 3 unspecified atom stereocenters. The summed E-state index contributed by atoms with van der Waals surface area (Å²) in [5, 5.41) is -2.16. The van der Waals surface area contributed by atoms with Crippen molar-refractivity contribution < 1.29 is 17.6 Å². The van der Waals surface area contributed by atoms with Crippen molar-refractivity contribution in [2.45, 2.75) is 75.4 Å². The third-order valence-corrected chi connectivity index (χ3v) is 5.59. The van der Waals surface area contributed by atoms with Crippen molar-refractivity contribution in [3.63, 3.8) is 0 Å². The first-order chi connectivity index (χ1) is 9.25. The Morgan fingerprint density at radius 3 is 1.85 bits per heavy atom. The third-order valence-electron chi connectivity index (χ3n) is 4.98. The summed E-state index contributed by atoms with van der Waals surface area (Å²) < 4.78 is 55.6. The van der Waals surface area contributed by atoms with Crippen molar-refractivity contribution in [2.75, 3.05) is 0 Å². The molecule has 0 aromatic rings. The van der Waals surface area contributed by atoms with Crippen LogP contribution in [-0.4, -0.2) is 17.1 Å². The van der Waals surface area contributed by atoms with E-state index in [0.717, 1.165) is 25.7 Å². The van der Waals surface area contributed by atoms with Gasteiger partial charge in [-0.25, -0.2) is 17.6 Å². The second-order valence-electron chi connectivity index (χ2n) is 6.73. The van der Waals surface area contributed by atoms with E-state index in [9.17, 15) is 17.6 Å². The summed E-state index contributed by atoms with van der Waals surface area (Å²) >= 11 is 3.89. The summed E-state index contributed by atoms with van der Waals surface area (Å²) in [6, 6.07) is 0. The number of hydrogen-bond donors (Lipinski definition) is 1. The third kappa shape index (κ3) is 4.05. The second kappa shape index (κ2) is 6.05. The molecule has 20 heavy (non-hydrogen) atoms. The predicted octanol–water partition coefficient (Wildman–Crippen LogP) is 5.57. The van der Waals surface area contributed by atoms with E-state index in [1.807, 2.05) is 0 Å². The number of halogens is 4. The van der Waals surface area contributed by atoms with Crippen LogP contribution >= 0.6 is 12.6 Å². The molecule has 2 rings (SSSR count). The van der Waals surface area contributed by atoms with Crippen LogP contribution in [0.5, 0.6) is 0 Å². The zero-order valence-corrected chi connectivity index (χ0v) is 12.8. The number of thiol groups is 1. The van der Waals surface area contributed by atoms with Crippen LogP contribution in [0.3, 0.4) is 0 Å². The highest BCUT2D eigenvalue weighted by molar-refractivity contribution is 7.81. The van der Waals surface area contributed by atoms with E-state index in [1.165, 1.54) is 6.92 Å². The standard InChI is InChI=1S/C15H24F4S/c1-10(15(19,20)9-7-12-4-5-12)14(18,13(16)17)8-6-11-2-3-11/h10-13,20H,2-9H2,1H3. The van der Waals surface area contributed by atoms with E-state index in [-0.39, 0.29) is 12.8 Å². The van der Waals surface area contributed by atoms with Gasteiger partial charge < -0.3 is 0 Å². The van der Waals surface area contributed by atoms with Gasteiger partial charge in [-0.1, -0.05) is 32.6 Å². The van der Waals surface area contributed by atoms with Gasteiger partial charge in [0.2, 0.25) is 0 Å². The lowest BCUT2D eigenvalue weighted by Crippen LogP contribution is -2.47. The van der Waals surface area contributed by atoms with Gasteiger partial charge in [0.25, 0.3) is 6.43 Å². The normalized spacial score (nSPS) is 27.1. The SMILES string of the molecule is CC(C(F)(S)CCC1CC1)C(F)(CCC1CC1)C(F)F. The highest BCUT2D eigenvalue weighted by Gasteiger charge is 2.54. The zero-order valence-electron chi connectivity index (χ0n) is 11.9. The van der Waals surface area contributed by atoms with Gasteiger partial charge in [-0.05, 0) is 37.5 Å². The number of alkyl halides is 4. The zero-order chi connectivity index (χ0) is 15.0. The van der Waals surface area contributed by atoms with Crippen molar-refractivity contribution in [1.29, 1.82) is 0 Å². The Kier molecular flexibility index (Phi) is 4.98. The van der Waals surface area contributed by atoms with Gasteiger partial charge in [0.05, 0.1) is 0 Å². The summed E-state index contributed by atoms with van der Waals surface area (Å²) in [7, 11) is 0. The molecule has 118 valence electrons. The fourth-order valence-corrected chi connectivity index (χ4v) is 3.09. The molecule has 0 bridgehead atoms. The van der Waals surface area contributed by atoms with Crippen LogP contribution in [0.15, 0.2) is 0 Å². The van der Waals surface area contributed by atoms with Crippen LogP contribution in [0.25, 0.3) is 0 Å². The summed E-state index contributed by atoms with van der Waals surface area (Å²) in [5.41, 5.74) is -2.76. The average molecular weight is 312 g/mol. The molecule has 0 spiro atoms. The Balaban J connectivity index is 1.96. The molecule has 2 aliphatic carbocycles. The van der Waals surface area contributed by atoms with E-state index in [1.54, 1.807) is 0 Å². The molecular weight excluding hydrogens is 288 g/mol. The molecule has 0 aliphatic heterocycles. The Labute approximate surface area is 124 Å². The van der Waals surface area contributed by atoms with Crippen molar-refractivity contribution in [2.24, 2.45) is 17.8 Å². The summed E-state index contributed by atoms with van der Waals surface area (Å²) in [6.45, 7) is 1.25. The highest BCUT2D eigenvalue weighted by atomic mass is 32.1. The first-order valence-corrected chi connectivity index (χ1v) is 8.09. The predicted molar refractivity (Wildman–Crippen MR) is 75.7 cm³/mol. The Morgan fingerprint density at radius 1 is 1.00 bits per heavy atom. The van der Waals surface area contributed by atoms with E-state index < -0.39 is 23.0 Å². The largest absolute Gasteiger partial charge is 0.272 e. The molecule has 0 heterocycles. The molecule has 0 saturated heterocycles. The molecule has 5 heteroatoms. The minimum Gasteiger partial charge on any atom is -0.237 e. The van der Waals surface area contributed by atoms with Gasteiger partial charge in [-0.2, -0.15) is 0 Å². The Morgan fingerprint density at radius 2 is 1.45 bits per heavy atom. The Bertz CT molecular complexity index is 326. The van der Waals surface area contributed by atoms with Crippen LogP contribution in [0, 0.1) is 17.8 Å². The van der Waals surface area contributed by atoms with Gasteiger partial charge in [-0.3, -0.25) is 0 Å². The van der Waals surface area contributed by atoms with Crippen LogP contribution < -0.4 is 0 Å². The van der Waals surface area contributed by atoms with Gasteiger partial charge in [-0.15, -0.1) is 12.6 Å². The van der Waals surface area contributed by atoms with Crippen LogP contribution in [0.1, 0.15) is 58.3 Å². The quantitative estimate of drug-likeness (QED) is 0.417. The lowest BCUT2D eigenvalue weighted by molar-refractivity contribution is -0.102. The average Bonchev–Trinajstić information content (AvgIpc) is 3.27. The summed E-state index contributed by atoms with van der Waals surface area (Å²) in [4.78, 5) is 0. The smallest absolute Gasteiger partial charge is 0.237 e. The minimum atomic E-state index is -3.15. The molecule has 0 radical (unpaired) electrons. The topological polar surface area (TPSA) is 0 Å². The van der Waals surface area contributed by atoms with E-state index >= 15 is 0 Å². The van der Waals surface area contributed by atoms with E-state index in [2.05, 4.69) is 12.6 Å². The molecule has 0 N–H and O–H groups in total. The maximum atomic E-state index is 14.7. The molecule has 0 aromatic heterocycles. The van der Waals surface area contributed by atoms with Gasteiger partial charge in [0.1, 0.15) is 0 Å². The molecule has 2 fully saturated rings. The molecule has 0 nitrogen and oxygen atoms in total. The number of hydrogen-bond acceptors (Lipinski definition) is 1. The lowest BCUT2D eigenvalue weighted by atomic mass is 9.81. The molecule has 3 atom stereocenters. The summed E-state index contributed by atoms with van der Waals surface area (Å²) in [5.74, 6) is -0.552. The lowest BCUT2D eigenvalue weighted by Gasteiger charge is -2.38. The molecule has 0 amide bonds. The van der Waals surface area contributed by atoms with Crippen LogP contribution in [-0.2, 0) is 0 Å². The first-order valence-electron chi connectivity index (χ1n) is 7.64. The monoisotopic (exact) mass is 312 g/mol. The van der Waals surface area contributed by atoms with Crippen molar-refractivity contribution in [3.05, 3.63) is 0 Å². The Hall–Kier alpha value is 0.0700. The fraction of sp³-hybridized carbons (Fsp3) is 1.00. The highest BCUT2D eigenvalue weighted by Crippen LogP contribution is 2.49. The van der Waals surface area contributed by atoms with Gasteiger partial charge >= 0.3 is 0 Å². The minimum absolute atomic E-state index is 0.0593. The van der Waals surface area contributed by atoms with Crippen molar-refractivity contribution >= 4 is 12.6 Å². The fourth-order valence-electron chi connectivity index (χ4n) is 2.74. The van der Waals surface area contributed by atoms with E-state index in [0.29, 0.717) is 24.7 Å². The number of rotatable bonds is 9. The van der Waals surface area contributed by atoms with Crippen LogP contribution in [0.4, 0.5) is 17.6 Å². The van der Waals surface area contributed by atoms with Crippen molar-refractivity contribution in [1.82, 2.24) is 0 Å². The van der Waals surface area contributed by atoms with Crippen molar-refractivity contribution in [3.8, 4) is 0 Å². The van der Waals surface area contributed by atoms with Crippen LogP contribution in [0.2, 0.25) is 0 Å². The summed E-state index contributed by atoms with van der Waals surface area (Å²) in [6.07, 6.45) is 1.79. The van der Waals surface area contributed by atoms with Gasteiger partial charge in [0.15, 0.2) is 10.7 Å². The molecule has 2 saturated carbocycles. The maximum Gasteiger partial charge on any atom is 0.272 e. The molecule has 0 aromatic carbocycles. The first kappa shape index (κ1) is 16.4. The van der Waals surface area contributed by atoms with Gasteiger partial charge in [0, 0.05) is 5.92 Å². The molecule has 2 aliphatic rings. The second-order valence-corrected chi connectivity index (χ2v) is 7.48.